The summed E-state index contributed by atoms with van der Waals surface area (Å²) in [5.41, 5.74) is -5.46. The summed E-state index contributed by atoms with van der Waals surface area (Å²) in [7, 11) is 1.28. The fraction of sp³-hybridized carbons (Fsp3) is 0.414. The Morgan fingerprint density at radius 1 is 1.00 bits per heavy atom. The lowest BCUT2D eigenvalue weighted by Gasteiger charge is -2.31. The molecule has 238 valence electrons. The topological polar surface area (TPSA) is 77.0 Å². The van der Waals surface area contributed by atoms with Crippen molar-refractivity contribution in [2.75, 3.05) is 51.4 Å². The number of anilines is 1. The molecule has 0 spiro atoms. The van der Waals surface area contributed by atoms with Crippen LogP contribution in [0.25, 0.3) is 0 Å². The first-order valence-corrected chi connectivity index (χ1v) is 13.8. The maximum absolute atomic E-state index is 13.8. The van der Waals surface area contributed by atoms with Crippen molar-refractivity contribution in [3.8, 4) is 17.6 Å². The van der Waals surface area contributed by atoms with E-state index in [2.05, 4.69) is 14.9 Å². The predicted octanol–water partition coefficient (Wildman–Crippen LogP) is 6.61. The van der Waals surface area contributed by atoms with Crippen LogP contribution in [0.2, 0.25) is 5.02 Å². The zero-order valence-corrected chi connectivity index (χ0v) is 24.7. The first-order chi connectivity index (χ1) is 20.6. The van der Waals surface area contributed by atoms with Crippen molar-refractivity contribution in [2.24, 2.45) is 0 Å². The predicted molar refractivity (Wildman–Crippen MR) is 149 cm³/mol. The van der Waals surface area contributed by atoms with Crippen LogP contribution in [0.15, 0.2) is 48.7 Å². The van der Waals surface area contributed by atoms with E-state index in [4.69, 9.17) is 25.8 Å². The Labute approximate surface area is 254 Å². The average Bonchev–Trinajstić information content (AvgIpc) is 2.97. The van der Waals surface area contributed by atoms with Crippen molar-refractivity contribution >= 4 is 23.2 Å². The number of nitrogens with zero attached hydrogens (tertiary/aromatic N) is 4. The molecule has 1 fully saturated rings. The number of aromatic nitrogens is 2. The number of carbonyl (C=O) groups excluding carboxylic acids is 1. The quantitative estimate of drug-likeness (QED) is 0.242. The van der Waals surface area contributed by atoms with Gasteiger partial charge in [-0.1, -0.05) is 23.7 Å². The Morgan fingerprint density at radius 2 is 1.59 bits per heavy atom. The third-order valence-corrected chi connectivity index (χ3v) is 7.32. The van der Waals surface area contributed by atoms with Crippen LogP contribution < -0.4 is 14.4 Å². The highest BCUT2D eigenvalue weighted by molar-refractivity contribution is 6.32. The largest absolute Gasteiger partial charge is 0.462 e. The highest BCUT2D eigenvalue weighted by atomic mass is 35.5. The van der Waals surface area contributed by atoms with Crippen LogP contribution in [0, 0.1) is 0 Å². The number of para-hydroxylation sites is 1. The molecule has 0 radical (unpaired) electrons. The van der Waals surface area contributed by atoms with E-state index in [9.17, 15) is 31.1 Å². The van der Waals surface area contributed by atoms with Gasteiger partial charge in [-0.3, -0.25) is 9.69 Å². The van der Waals surface area contributed by atoms with Crippen LogP contribution >= 0.6 is 11.6 Å². The van der Waals surface area contributed by atoms with Gasteiger partial charge in [-0.25, -0.2) is 4.98 Å². The van der Waals surface area contributed by atoms with Gasteiger partial charge in [0, 0.05) is 26.7 Å². The number of hydrogen-bond acceptors (Lipinski definition) is 7. The molecule has 0 unspecified atom stereocenters. The lowest BCUT2D eigenvalue weighted by atomic mass is 9.81. The van der Waals surface area contributed by atoms with Gasteiger partial charge in [-0.2, -0.15) is 31.3 Å². The summed E-state index contributed by atoms with van der Waals surface area (Å²) < 4.78 is 98.2. The molecule has 2 aromatic carbocycles. The van der Waals surface area contributed by atoms with E-state index in [0.717, 1.165) is 18.0 Å². The fourth-order valence-electron chi connectivity index (χ4n) is 4.41. The van der Waals surface area contributed by atoms with E-state index in [0.29, 0.717) is 31.9 Å². The molecule has 2 heterocycles. The minimum atomic E-state index is -5.08. The molecule has 0 atom stereocenters. The molecule has 4 rings (SSSR count). The molecule has 1 amide bonds. The number of likely N-dealkylation sites (N-methyl/N-ethyl adjacent to an activating group) is 1. The molecule has 15 heteroatoms. The number of amides is 1. The summed E-state index contributed by atoms with van der Waals surface area (Å²) in [5, 5.41) is 0.213. The number of alkyl halides is 6. The van der Waals surface area contributed by atoms with Crippen LogP contribution in [-0.2, 0) is 27.3 Å². The number of morpholine rings is 1. The van der Waals surface area contributed by atoms with Crippen molar-refractivity contribution in [1.29, 1.82) is 0 Å². The van der Waals surface area contributed by atoms with Crippen molar-refractivity contribution in [1.82, 2.24) is 14.9 Å². The van der Waals surface area contributed by atoms with Gasteiger partial charge in [0.25, 0.3) is 0 Å². The van der Waals surface area contributed by atoms with E-state index < -0.39 is 40.4 Å². The highest BCUT2D eigenvalue weighted by Gasteiger charge is 2.41. The summed E-state index contributed by atoms with van der Waals surface area (Å²) >= 11 is 6.25. The summed E-state index contributed by atoms with van der Waals surface area (Å²) in [6.07, 6.45) is -8.95. The SMILES string of the molecule is CN(C(=O)C(C)(C)c1cc(C(F)(F)F)cc(C(F)(F)F)c1)c1cnc(OCCN2CCOCC2)nc1Oc1ccccc1Cl. The number of halogens is 7. The molecule has 44 heavy (non-hydrogen) atoms. The van der Waals surface area contributed by atoms with Gasteiger partial charge in [-0.05, 0) is 49.7 Å². The first kappa shape index (κ1) is 33.3. The third-order valence-electron chi connectivity index (χ3n) is 7.01. The normalized spacial score (nSPS) is 14.8. The molecule has 1 aromatic heterocycles. The molecule has 1 aliphatic heterocycles. The Morgan fingerprint density at radius 3 is 2.18 bits per heavy atom. The van der Waals surface area contributed by atoms with Crippen LogP contribution in [0.5, 0.6) is 17.6 Å². The van der Waals surface area contributed by atoms with Gasteiger partial charge < -0.3 is 19.1 Å². The van der Waals surface area contributed by atoms with Gasteiger partial charge in [0.15, 0.2) is 0 Å². The molecule has 0 N–H and O–H groups in total. The van der Waals surface area contributed by atoms with Gasteiger partial charge >= 0.3 is 18.4 Å². The van der Waals surface area contributed by atoms with E-state index in [1.807, 2.05) is 0 Å². The van der Waals surface area contributed by atoms with Crippen LogP contribution in [0.3, 0.4) is 0 Å². The minimum Gasteiger partial charge on any atom is -0.462 e. The summed E-state index contributed by atoms with van der Waals surface area (Å²) in [4.78, 5) is 25.3. The summed E-state index contributed by atoms with van der Waals surface area (Å²) in [5.74, 6) is -0.874. The summed E-state index contributed by atoms with van der Waals surface area (Å²) in [6, 6.07) is 7.39. The van der Waals surface area contributed by atoms with E-state index >= 15 is 0 Å². The lowest BCUT2D eigenvalue weighted by Crippen LogP contribution is -2.42. The molecular weight excluding hydrogens is 618 g/mol. The van der Waals surface area contributed by atoms with Gasteiger partial charge in [-0.15, -0.1) is 0 Å². The van der Waals surface area contributed by atoms with Gasteiger partial charge in [0.1, 0.15) is 18.0 Å². The van der Waals surface area contributed by atoms with Crippen molar-refractivity contribution < 1.29 is 45.3 Å². The Bertz CT molecular complexity index is 1450. The minimum absolute atomic E-state index is 0.00887. The third kappa shape index (κ3) is 7.90. The number of rotatable bonds is 9. The average molecular weight is 647 g/mol. The Balaban J connectivity index is 1.66. The molecule has 1 saturated heterocycles. The zero-order chi connectivity index (χ0) is 32.3. The standard InChI is InChI=1S/C29H29ClF6N4O4/c1-27(2,18-14-19(28(31,32)33)16-20(15-18)29(34,35)36)25(41)39(3)22-17-37-26(43-13-10-40-8-11-42-12-9-40)38-24(22)44-23-7-5-4-6-21(23)30/h4-7,14-17H,8-13H2,1-3H3. The lowest BCUT2D eigenvalue weighted by molar-refractivity contribution is -0.143. The van der Waals surface area contributed by atoms with Gasteiger partial charge in [0.05, 0.1) is 41.0 Å². The maximum atomic E-state index is 13.8. The van der Waals surface area contributed by atoms with Crippen molar-refractivity contribution in [3.05, 3.63) is 70.4 Å². The molecule has 0 saturated carbocycles. The van der Waals surface area contributed by atoms with E-state index in [1.54, 1.807) is 24.3 Å². The second kappa shape index (κ2) is 13.2. The second-order valence-corrected chi connectivity index (χ2v) is 10.9. The monoisotopic (exact) mass is 646 g/mol. The molecule has 8 nitrogen and oxygen atoms in total. The first-order valence-electron chi connectivity index (χ1n) is 13.4. The van der Waals surface area contributed by atoms with Crippen LogP contribution in [0.4, 0.5) is 32.0 Å². The number of hydrogen-bond donors (Lipinski definition) is 0. The smallest absolute Gasteiger partial charge is 0.416 e. The number of benzene rings is 2. The fourth-order valence-corrected chi connectivity index (χ4v) is 4.58. The molecule has 3 aromatic rings. The molecular formula is C29H29ClF6N4O4. The summed E-state index contributed by atoms with van der Waals surface area (Å²) in [6.45, 7) is 5.93. The number of carbonyl (C=O) groups is 1. The second-order valence-electron chi connectivity index (χ2n) is 10.5. The zero-order valence-electron chi connectivity index (χ0n) is 23.9. The Kier molecular flexibility index (Phi) is 9.96. The van der Waals surface area contributed by atoms with Gasteiger partial charge in [0.2, 0.25) is 11.8 Å². The number of ether oxygens (including phenoxy) is 3. The van der Waals surface area contributed by atoms with Crippen molar-refractivity contribution in [3.63, 3.8) is 0 Å². The van der Waals surface area contributed by atoms with Crippen LogP contribution in [-0.4, -0.2) is 67.3 Å². The highest BCUT2D eigenvalue weighted by Crippen LogP contribution is 2.41. The Hall–Kier alpha value is -3.62. The maximum Gasteiger partial charge on any atom is 0.416 e. The van der Waals surface area contributed by atoms with E-state index in [-0.39, 0.29) is 41.0 Å². The van der Waals surface area contributed by atoms with Crippen LogP contribution in [0.1, 0.15) is 30.5 Å². The molecule has 0 bridgehead atoms. The van der Waals surface area contributed by atoms with Crippen molar-refractivity contribution in [2.45, 2.75) is 31.6 Å². The van der Waals surface area contributed by atoms with E-state index in [1.165, 1.54) is 27.1 Å². The molecule has 1 aliphatic rings. The molecule has 0 aliphatic carbocycles.